The van der Waals surface area contributed by atoms with Crippen LogP contribution < -0.4 is 10.6 Å². The first-order chi connectivity index (χ1) is 13.9. The molecule has 0 bridgehead atoms. The zero-order chi connectivity index (χ0) is 22.8. The number of hydrogen-bond acceptors (Lipinski definition) is 7. The molecule has 2 rings (SSSR count). The van der Waals surface area contributed by atoms with Gasteiger partial charge in [0, 0.05) is 18.7 Å². The van der Waals surface area contributed by atoms with Crippen LogP contribution in [-0.4, -0.2) is 28.7 Å². The van der Waals surface area contributed by atoms with Crippen LogP contribution in [0, 0.1) is 20.2 Å². The Balaban J connectivity index is 2.75. The van der Waals surface area contributed by atoms with E-state index in [9.17, 15) is 25.0 Å². The van der Waals surface area contributed by atoms with Crippen LogP contribution in [0.3, 0.4) is 0 Å². The molecule has 0 aliphatic rings. The highest BCUT2D eigenvalue weighted by Crippen LogP contribution is 2.43. The number of rotatable bonds is 7. The number of nitrogen functional groups attached to an aromatic ring is 1. The Hall–Kier alpha value is -3.49. The first-order valence-electron chi connectivity index (χ1n) is 9.59. The van der Waals surface area contributed by atoms with Crippen LogP contribution in [-0.2, 0) is 5.41 Å². The second-order valence-electron chi connectivity index (χ2n) is 7.90. The Bertz CT molecular complexity index is 990. The molecule has 0 spiro atoms. The second-order valence-corrected chi connectivity index (χ2v) is 7.90. The molecule has 30 heavy (non-hydrogen) atoms. The number of carbonyl (C=O) groups excluding carboxylic acids is 1. The first-order valence-corrected chi connectivity index (χ1v) is 9.59. The number of hydrogen-bond donors (Lipinski definition) is 1. The minimum atomic E-state index is -0.842. The maximum absolute atomic E-state index is 13.2. The van der Waals surface area contributed by atoms with Crippen LogP contribution in [0.1, 0.15) is 56.1 Å². The van der Waals surface area contributed by atoms with Gasteiger partial charge in [-0.05, 0) is 30.9 Å². The Morgan fingerprint density at radius 3 is 1.90 bits per heavy atom. The molecule has 0 heterocycles. The lowest BCUT2D eigenvalue weighted by Gasteiger charge is -2.22. The Labute approximate surface area is 174 Å². The van der Waals surface area contributed by atoms with Gasteiger partial charge in [-0.25, -0.2) is 0 Å². The molecule has 0 saturated carbocycles. The minimum absolute atomic E-state index is 0.0859. The van der Waals surface area contributed by atoms with Crippen molar-refractivity contribution in [1.82, 2.24) is 0 Å². The van der Waals surface area contributed by atoms with E-state index in [-0.39, 0.29) is 22.2 Å². The van der Waals surface area contributed by atoms with Gasteiger partial charge in [-0.1, -0.05) is 45.0 Å². The standard InChI is InChI=1S/C21H26N4O5/c1-6-23(7-2)16-12-15(18(24(27)28)17(22)19(16)25(29)30)20(26)13-8-10-14(11-9-13)21(3,4)5/h8-12H,6-7,22H2,1-5H3. The zero-order valence-corrected chi connectivity index (χ0v) is 17.8. The van der Waals surface area contributed by atoms with Gasteiger partial charge in [0.05, 0.1) is 9.85 Å². The van der Waals surface area contributed by atoms with E-state index in [4.69, 9.17) is 5.73 Å². The van der Waals surface area contributed by atoms with Gasteiger partial charge in [0.2, 0.25) is 0 Å². The fourth-order valence-electron chi connectivity index (χ4n) is 3.31. The number of carbonyl (C=O) groups is 1. The Morgan fingerprint density at radius 1 is 1.00 bits per heavy atom. The quantitative estimate of drug-likeness (QED) is 0.306. The molecule has 160 valence electrons. The van der Waals surface area contributed by atoms with E-state index in [1.165, 1.54) is 6.07 Å². The van der Waals surface area contributed by atoms with Gasteiger partial charge in [-0.2, -0.15) is 0 Å². The molecule has 0 aliphatic carbocycles. The van der Waals surface area contributed by atoms with Crippen molar-refractivity contribution in [2.24, 2.45) is 0 Å². The summed E-state index contributed by atoms with van der Waals surface area (Å²) in [5, 5.41) is 23.3. The highest BCUT2D eigenvalue weighted by Gasteiger charge is 2.35. The molecular weight excluding hydrogens is 388 g/mol. The summed E-state index contributed by atoms with van der Waals surface area (Å²) < 4.78 is 0. The lowest BCUT2D eigenvalue weighted by Crippen LogP contribution is -2.24. The van der Waals surface area contributed by atoms with Gasteiger partial charge in [-0.15, -0.1) is 0 Å². The predicted octanol–water partition coefficient (Wildman–Crippen LogP) is 4.46. The highest BCUT2D eigenvalue weighted by molar-refractivity contribution is 6.14. The third-order valence-corrected chi connectivity index (χ3v) is 5.02. The summed E-state index contributed by atoms with van der Waals surface area (Å²) in [5.74, 6) is -0.614. The molecule has 9 nitrogen and oxygen atoms in total. The molecular formula is C21H26N4O5. The molecule has 0 aromatic heterocycles. The van der Waals surface area contributed by atoms with Crippen molar-refractivity contribution in [3.05, 3.63) is 67.3 Å². The number of nitro benzene ring substituents is 2. The third-order valence-electron chi connectivity index (χ3n) is 5.02. The number of nitro groups is 2. The van der Waals surface area contributed by atoms with Crippen molar-refractivity contribution in [2.45, 2.75) is 40.0 Å². The minimum Gasteiger partial charge on any atom is -0.387 e. The van der Waals surface area contributed by atoms with E-state index in [0.29, 0.717) is 13.1 Å². The molecule has 0 unspecified atom stereocenters. The number of benzene rings is 2. The van der Waals surface area contributed by atoms with Crippen molar-refractivity contribution in [3.8, 4) is 0 Å². The van der Waals surface area contributed by atoms with Gasteiger partial charge in [0.25, 0.3) is 0 Å². The summed E-state index contributed by atoms with van der Waals surface area (Å²) >= 11 is 0. The monoisotopic (exact) mass is 414 g/mol. The van der Waals surface area contributed by atoms with Crippen LogP contribution in [0.5, 0.6) is 0 Å². The van der Waals surface area contributed by atoms with E-state index in [1.54, 1.807) is 43.0 Å². The maximum Gasteiger partial charge on any atom is 0.322 e. The lowest BCUT2D eigenvalue weighted by atomic mass is 9.86. The molecule has 2 N–H and O–H groups in total. The Kier molecular flexibility index (Phi) is 6.44. The highest BCUT2D eigenvalue weighted by atomic mass is 16.6. The number of nitrogens with two attached hydrogens (primary N) is 1. The van der Waals surface area contributed by atoms with Crippen LogP contribution in [0.25, 0.3) is 0 Å². The van der Waals surface area contributed by atoms with Gasteiger partial charge in [-0.3, -0.25) is 25.0 Å². The van der Waals surface area contributed by atoms with E-state index in [0.717, 1.165) is 5.56 Å². The van der Waals surface area contributed by atoms with E-state index < -0.39 is 32.7 Å². The zero-order valence-electron chi connectivity index (χ0n) is 17.8. The van der Waals surface area contributed by atoms with Crippen LogP contribution >= 0.6 is 0 Å². The lowest BCUT2D eigenvalue weighted by molar-refractivity contribution is -0.392. The predicted molar refractivity (Wildman–Crippen MR) is 116 cm³/mol. The van der Waals surface area contributed by atoms with Gasteiger partial charge in [0.15, 0.2) is 11.5 Å². The summed E-state index contributed by atoms with van der Waals surface area (Å²) in [6, 6.07) is 7.99. The fourth-order valence-corrected chi connectivity index (χ4v) is 3.31. The maximum atomic E-state index is 13.2. The Morgan fingerprint density at radius 2 is 1.50 bits per heavy atom. The largest absolute Gasteiger partial charge is 0.387 e. The molecule has 0 fully saturated rings. The summed E-state index contributed by atoms with van der Waals surface area (Å²) in [7, 11) is 0. The van der Waals surface area contributed by atoms with Gasteiger partial charge < -0.3 is 10.6 Å². The summed E-state index contributed by atoms with van der Waals surface area (Å²) in [6.07, 6.45) is 0. The molecule has 9 heteroatoms. The SMILES string of the molecule is CCN(CC)c1cc(C(=O)c2ccc(C(C)(C)C)cc2)c([N+](=O)[O-])c(N)c1[N+](=O)[O-]. The third kappa shape index (κ3) is 4.24. The molecule has 2 aromatic carbocycles. The van der Waals surface area contributed by atoms with Crippen LogP contribution in [0.15, 0.2) is 30.3 Å². The first kappa shape index (κ1) is 22.8. The second kappa shape index (κ2) is 8.48. The van der Waals surface area contributed by atoms with Crippen LogP contribution in [0.4, 0.5) is 22.7 Å². The summed E-state index contributed by atoms with van der Waals surface area (Å²) in [6.45, 7) is 10.5. The summed E-state index contributed by atoms with van der Waals surface area (Å²) in [5.41, 5.74) is 4.87. The van der Waals surface area contributed by atoms with E-state index >= 15 is 0 Å². The number of nitrogens with zero attached hydrogens (tertiary/aromatic N) is 3. The van der Waals surface area contributed by atoms with Crippen molar-refractivity contribution in [1.29, 1.82) is 0 Å². The number of anilines is 2. The van der Waals surface area contributed by atoms with Crippen molar-refractivity contribution >= 4 is 28.5 Å². The van der Waals surface area contributed by atoms with Crippen molar-refractivity contribution in [2.75, 3.05) is 23.7 Å². The molecule has 2 aromatic rings. The van der Waals surface area contributed by atoms with Gasteiger partial charge in [0.1, 0.15) is 11.3 Å². The van der Waals surface area contributed by atoms with E-state index in [2.05, 4.69) is 0 Å². The fraction of sp³-hybridized carbons (Fsp3) is 0.381. The smallest absolute Gasteiger partial charge is 0.322 e. The molecule has 0 atom stereocenters. The van der Waals surface area contributed by atoms with E-state index in [1.807, 2.05) is 20.8 Å². The average Bonchev–Trinajstić information content (AvgIpc) is 2.66. The molecule has 0 radical (unpaired) electrons. The van der Waals surface area contributed by atoms with Crippen molar-refractivity contribution < 1.29 is 14.6 Å². The summed E-state index contributed by atoms with van der Waals surface area (Å²) in [4.78, 5) is 36.5. The topological polar surface area (TPSA) is 133 Å². The molecule has 0 saturated heterocycles. The van der Waals surface area contributed by atoms with Gasteiger partial charge >= 0.3 is 11.4 Å². The van der Waals surface area contributed by atoms with Crippen LogP contribution in [0.2, 0.25) is 0 Å². The average molecular weight is 414 g/mol. The van der Waals surface area contributed by atoms with Crippen molar-refractivity contribution in [3.63, 3.8) is 0 Å². The number of ketones is 1. The molecule has 0 amide bonds. The normalized spacial score (nSPS) is 11.2. The molecule has 0 aliphatic heterocycles.